The quantitative estimate of drug-likeness (QED) is 0.438. The molecule has 1 aliphatic heterocycles. The molecule has 2 N–H and O–H groups in total. The number of quaternary nitrogens is 1. The molecule has 138 valence electrons. The molecule has 4 heteroatoms. The average Bonchev–Trinajstić information content (AvgIpc) is 3.02. The minimum Gasteiger partial charge on any atom is -1.00 e. The first-order chi connectivity index (χ1) is 10.8. The summed E-state index contributed by atoms with van der Waals surface area (Å²) in [6.07, 6.45) is 18.2. The van der Waals surface area contributed by atoms with Crippen LogP contribution in [0.1, 0.15) is 90.9 Å². The third-order valence-corrected chi connectivity index (χ3v) is 4.96. The number of halogens is 1. The fourth-order valence-electron chi connectivity index (χ4n) is 3.49. The fourth-order valence-corrected chi connectivity index (χ4v) is 3.49. The van der Waals surface area contributed by atoms with Crippen molar-refractivity contribution in [1.82, 2.24) is 0 Å². The van der Waals surface area contributed by atoms with Crippen LogP contribution in [0.3, 0.4) is 0 Å². The maximum atomic E-state index is 9.95. The van der Waals surface area contributed by atoms with Gasteiger partial charge in [-0.15, -0.1) is 0 Å². The van der Waals surface area contributed by atoms with E-state index >= 15 is 0 Å². The Morgan fingerprint density at radius 2 is 1.48 bits per heavy atom. The normalized spacial score (nSPS) is 19.5. The van der Waals surface area contributed by atoms with Gasteiger partial charge in [0.05, 0.1) is 6.54 Å². The second-order valence-electron chi connectivity index (χ2n) is 7.03. The summed E-state index contributed by atoms with van der Waals surface area (Å²) in [7, 11) is 0. The van der Waals surface area contributed by atoms with Crippen LogP contribution in [0.25, 0.3) is 0 Å². The van der Waals surface area contributed by atoms with Gasteiger partial charge < -0.3 is 17.5 Å². The highest BCUT2D eigenvalue weighted by molar-refractivity contribution is 5.45. The van der Waals surface area contributed by atoms with Crippen LogP contribution in [0, 0.1) is 0 Å². The Bertz CT molecular complexity index is 285. The van der Waals surface area contributed by atoms with Crippen LogP contribution >= 0.6 is 0 Å². The van der Waals surface area contributed by atoms with E-state index in [9.17, 15) is 5.11 Å². The molecule has 0 amide bonds. The molecule has 0 bridgehead atoms. The van der Waals surface area contributed by atoms with Crippen LogP contribution in [0.4, 0.5) is 0 Å². The third-order valence-electron chi connectivity index (χ3n) is 4.96. The predicted molar refractivity (Wildman–Crippen MR) is 95.7 cm³/mol. The van der Waals surface area contributed by atoms with Crippen molar-refractivity contribution in [3.8, 4) is 0 Å². The van der Waals surface area contributed by atoms with Crippen LogP contribution in [-0.4, -0.2) is 36.7 Å². The van der Waals surface area contributed by atoms with Gasteiger partial charge in [-0.3, -0.25) is 4.90 Å². The number of aliphatic imine (C=N–C) groups is 1. The maximum Gasteiger partial charge on any atom is 0.184 e. The molecule has 1 heterocycles. The van der Waals surface area contributed by atoms with Crippen LogP contribution in [0.2, 0.25) is 0 Å². The Morgan fingerprint density at radius 3 is 1.91 bits per heavy atom. The summed E-state index contributed by atoms with van der Waals surface area (Å²) in [5.41, 5.74) is 0. The lowest BCUT2D eigenvalue weighted by Gasteiger charge is -2.24. The highest BCUT2D eigenvalue weighted by Crippen LogP contribution is 2.12. The zero-order valence-electron chi connectivity index (χ0n) is 15.4. The van der Waals surface area contributed by atoms with Crippen molar-refractivity contribution in [3.05, 3.63) is 0 Å². The van der Waals surface area contributed by atoms with Crippen molar-refractivity contribution in [3.63, 3.8) is 0 Å². The topological polar surface area (TPSA) is 37.0 Å². The molecule has 3 nitrogen and oxygen atoms in total. The van der Waals surface area contributed by atoms with Gasteiger partial charge in [0.2, 0.25) is 0 Å². The van der Waals surface area contributed by atoms with Gasteiger partial charge in [0, 0.05) is 6.42 Å². The van der Waals surface area contributed by atoms with Crippen molar-refractivity contribution in [2.75, 3.05) is 13.1 Å². The van der Waals surface area contributed by atoms with Gasteiger partial charge in [-0.05, 0) is 13.3 Å². The molecule has 0 radical (unpaired) electrons. The molecule has 23 heavy (non-hydrogen) atoms. The molecular weight excluding hydrogens is 308 g/mol. The van der Waals surface area contributed by atoms with Gasteiger partial charge >= 0.3 is 0 Å². The molecule has 0 aliphatic carbocycles. The number of aliphatic hydroxyl groups excluding tert-OH is 1. The number of aliphatic hydroxyl groups is 1. The summed E-state index contributed by atoms with van der Waals surface area (Å²) in [6, 6.07) is 0.352. The first-order valence-corrected chi connectivity index (χ1v) is 9.79. The van der Waals surface area contributed by atoms with E-state index in [2.05, 4.69) is 11.9 Å². The van der Waals surface area contributed by atoms with Crippen molar-refractivity contribution in [1.29, 1.82) is 0 Å². The van der Waals surface area contributed by atoms with E-state index in [1.165, 1.54) is 75.5 Å². The average molecular weight is 347 g/mol. The number of hydrogen-bond donors (Lipinski definition) is 2. The van der Waals surface area contributed by atoms with Gasteiger partial charge in [0.15, 0.2) is 6.34 Å². The second kappa shape index (κ2) is 15.4. The first kappa shape index (κ1) is 22.9. The molecular formula is C19H39ClN2O. The number of hydrogen-bond acceptors (Lipinski definition) is 2. The van der Waals surface area contributed by atoms with Crippen LogP contribution in [0.5, 0.6) is 0 Å². The van der Waals surface area contributed by atoms with Crippen LogP contribution < -0.4 is 17.3 Å². The van der Waals surface area contributed by atoms with Gasteiger partial charge in [-0.2, -0.15) is 0 Å². The van der Waals surface area contributed by atoms with Gasteiger partial charge in [-0.1, -0.05) is 71.1 Å². The molecule has 3 unspecified atom stereocenters. The van der Waals surface area contributed by atoms with E-state index in [-0.39, 0.29) is 18.5 Å². The maximum absolute atomic E-state index is 9.95. The molecule has 0 saturated heterocycles. The highest BCUT2D eigenvalue weighted by atomic mass is 35.5. The Kier molecular flexibility index (Phi) is 15.3. The van der Waals surface area contributed by atoms with E-state index in [0.717, 1.165) is 19.5 Å². The molecule has 0 spiro atoms. The van der Waals surface area contributed by atoms with E-state index < -0.39 is 0 Å². The van der Waals surface area contributed by atoms with Crippen LogP contribution in [-0.2, 0) is 0 Å². The SMILES string of the molecule is CCCCCCCCCCCCCC(C(C)O)[NH+]1C=NCC1.[Cl-]. The number of nitrogens with one attached hydrogen (secondary N) is 1. The summed E-state index contributed by atoms with van der Waals surface area (Å²) in [6.45, 7) is 6.20. The molecule has 1 aliphatic rings. The highest BCUT2D eigenvalue weighted by Gasteiger charge is 2.27. The zero-order chi connectivity index (χ0) is 16.0. The molecule has 0 fully saturated rings. The lowest BCUT2D eigenvalue weighted by Crippen LogP contribution is -3.15. The molecule has 0 saturated carbocycles. The minimum absolute atomic E-state index is 0. The summed E-state index contributed by atoms with van der Waals surface area (Å²) in [5, 5.41) is 9.95. The largest absolute Gasteiger partial charge is 1.00 e. The van der Waals surface area contributed by atoms with Crippen molar-refractivity contribution < 1.29 is 22.4 Å². The number of nitrogens with zero attached hydrogens (tertiary/aromatic N) is 1. The molecule has 0 aromatic rings. The Labute approximate surface area is 150 Å². The monoisotopic (exact) mass is 346 g/mol. The fraction of sp³-hybridized carbons (Fsp3) is 0.947. The second-order valence-corrected chi connectivity index (χ2v) is 7.03. The Balaban J connectivity index is 0.00000484. The zero-order valence-corrected chi connectivity index (χ0v) is 16.2. The molecule has 0 aromatic carbocycles. The summed E-state index contributed by atoms with van der Waals surface area (Å²) in [4.78, 5) is 5.68. The lowest BCUT2D eigenvalue weighted by atomic mass is 10.0. The summed E-state index contributed by atoms with van der Waals surface area (Å²) >= 11 is 0. The van der Waals surface area contributed by atoms with E-state index in [1.54, 1.807) is 0 Å². The summed E-state index contributed by atoms with van der Waals surface area (Å²) < 4.78 is 0. The van der Waals surface area contributed by atoms with Gasteiger partial charge in [0.25, 0.3) is 0 Å². The Morgan fingerprint density at radius 1 is 0.957 bits per heavy atom. The van der Waals surface area contributed by atoms with E-state index in [4.69, 9.17) is 0 Å². The first-order valence-electron chi connectivity index (χ1n) is 9.79. The minimum atomic E-state index is -0.220. The summed E-state index contributed by atoms with van der Waals surface area (Å²) in [5.74, 6) is 0. The van der Waals surface area contributed by atoms with Crippen molar-refractivity contribution >= 4 is 6.34 Å². The van der Waals surface area contributed by atoms with Gasteiger partial charge in [-0.25, -0.2) is 4.99 Å². The van der Waals surface area contributed by atoms with E-state index in [0.29, 0.717) is 6.04 Å². The van der Waals surface area contributed by atoms with Crippen molar-refractivity contribution in [2.45, 2.75) is 103 Å². The third kappa shape index (κ3) is 11.1. The van der Waals surface area contributed by atoms with E-state index in [1.807, 2.05) is 13.3 Å². The standard InChI is InChI=1S/C19H38N2O.ClH/c1-3-4-5-6-7-8-9-10-11-12-13-14-19(18(2)22)21-16-15-20-17-21;/h17-19,22H,3-16H2,1-2H3;1H. The lowest BCUT2D eigenvalue weighted by molar-refractivity contribution is -0.826. The van der Waals surface area contributed by atoms with Crippen LogP contribution in [0.15, 0.2) is 4.99 Å². The molecule has 1 rings (SSSR count). The molecule has 3 atom stereocenters. The van der Waals surface area contributed by atoms with Gasteiger partial charge in [0.1, 0.15) is 18.7 Å². The predicted octanol–water partition coefficient (Wildman–Crippen LogP) is 0.368. The molecule has 0 aromatic heterocycles. The Hall–Kier alpha value is -0.120. The smallest absolute Gasteiger partial charge is 0.184 e. The number of unbranched alkanes of at least 4 members (excludes halogenated alkanes) is 10. The number of rotatable bonds is 14. The van der Waals surface area contributed by atoms with Crippen molar-refractivity contribution in [2.24, 2.45) is 4.99 Å².